The Balaban J connectivity index is 1.92. The summed E-state index contributed by atoms with van der Waals surface area (Å²) in [6, 6.07) is 9.59. The van der Waals surface area contributed by atoms with Gasteiger partial charge in [0, 0.05) is 18.6 Å². The summed E-state index contributed by atoms with van der Waals surface area (Å²) in [5, 5.41) is 3.44. The van der Waals surface area contributed by atoms with E-state index < -0.39 is 0 Å². The third kappa shape index (κ3) is 4.72. The van der Waals surface area contributed by atoms with E-state index in [-0.39, 0.29) is 0 Å². The van der Waals surface area contributed by atoms with Crippen LogP contribution in [0.2, 0.25) is 0 Å². The fraction of sp³-hybridized carbons (Fsp3) is 0.667. The normalized spacial score (nSPS) is 17.8. The Bertz CT molecular complexity index is 414. The quantitative estimate of drug-likeness (QED) is 0.753. The van der Waals surface area contributed by atoms with Crippen molar-refractivity contribution in [2.45, 2.75) is 45.2 Å². The van der Waals surface area contributed by atoms with E-state index in [1.165, 1.54) is 18.4 Å². The highest BCUT2D eigenvalue weighted by Crippen LogP contribution is 2.35. The lowest BCUT2D eigenvalue weighted by molar-refractivity contribution is 0.213. The second-order valence-electron chi connectivity index (χ2n) is 6.28. The lowest BCUT2D eigenvalue weighted by atomic mass is 10.1. The Morgan fingerprint density at radius 3 is 2.48 bits per heavy atom. The van der Waals surface area contributed by atoms with E-state index in [2.05, 4.69) is 55.4 Å². The Morgan fingerprint density at radius 2 is 1.95 bits per heavy atom. The van der Waals surface area contributed by atoms with Crippen LogP contribution < -0.4 is 10.1 Å². The van der Waals surface area contributed by atoms with Crippen LogP contribution >= 0.6 is 0 Å². The van der Waals surface area contributed by atoms with Gasteiger partial charge < -0.3 is 15.0 Å². The van der Waals surface area contributed by atoms with Crippen molar-refractivity contribution >= 4 is 0 Å². The molecule has 1 fully saturated rings. The second-order valence-corrected chi connectivity index (χ2v) is 6.28. The third-order valence-electron chi connectivity index (χ3n) is 4.57. The van der Waals surface area contributed by atoms with E-state index in [9.17, 15) is 0 Å². The van der Waals surface area contributed by atoms with Gasteiger partial charge in [-0.05, 0) is 63.9 Å². The smallest absolute Gasteiger partial charge is 0.119 e. The van der Waals surface area contributed by atoms with Crippen LogP contribution in [0.5, 0.6) is 5.75 Å². The molecule has 0 saturated heterocycles. The first kappa shape index (κ1) is 16.3. The zero-order chi connectivity index (χ0) is 15.2. The molecule has 1 saturated carbocycles. The number of ether oxygens (including phenoxy) is 1. The van der Waals surface area contributed by atoms with Crippen LogP contribution in [0.1, 0.15) is 44.7 Å². The van der Waals surface area contributed by atoms with Crippen LogP contribution in [-0.2, 0) is 0 Å². The van der Waals surface area contributed by atoms with E-state index in [4.69, 9.17) is 4.74 Å². The van der Waals surface area contributed by atoms with Gasteiger partial charge >= 0.3 is 0 Å². The summed E-state index contributed by atoms with van der Waals surface area (Å²) < 4.78 is 5.65. The maximum Gasteiger partial charge on any atom is 0.119 e. The molecule has 3 nitrogen and oxygen atoms in total. The summed E-state index contributed by atoms with van der Waals surface area (Å²) in [7, 11) is 4.29. The Kier molecular flexibility index (Phi) is 6.07. The van der Waals surface area contributed by atoms with Crippen LogP contribution in [0.3, 0.4) is 0 Å². The Morgan fingerprint density at radius 1 is 1.29 bits per heavy atom. The van der Waals surface area contributed by atoms with Gasteiger partial charge in [0.05, 0.1) is 6.61 Å². The molecule has 3 heteroatoms. The SMILES string of the molecule is CCCOc1ccc(C(CN(C)C(C)C2CC2)NC)cc1. The summed E-state index contributed by atoms with van der Waals surface area (Å²) in [6.07, 6.45) is 3.85. The lowest BCUT2D eigenvalue weighted by Crippen LogP contribution is -2.37. The van der Waals surface area contributed by atoms with Gasteiger partial charge in [-0.25, -0.2) is 0 Å². The number of likely N-dealkylation sites (N-methyl/N-ethyl adjacent to an activating group) is 2. The van der Waals surface area contributed by atoms with Crippen molar-refractivity contribution in [1.29, 1.82) is 0 Å². The topological polar surface area (TPSA) is 24.5 Å². The molecule has 0 radical (unpaired) electrons. The van der Waals surface area contributed by atoms with Crippen LogP contribution in [0.4, 0.5) is 0 Å². The average Bonchev–Trinajstić information content (AvgIpc) is 3.35. The molecular weight excluding hydrogens is 260 g/mol. The molecule has 2 atom stereocenters. The van der Waals surface area contributed by atoms with Gasteiger partial charge in [-0.2, -0.15) is 0 Å². The number of nitrogens with one attached hydrogen (secondary N) is 1. The summed E-state index contributed by atoms with van der Waals surface area (Å²) in [5.41, 5.74) is 1.33. The summed E-state index contributed by atoms with van der Waals surface area (Å²) >= 11 is 0. The first-order chi connectivity index (χ1) is 10.2. The second kappa shape index (κ2) is 7.81. The highest BCUT2D eigenvalue weighted by Gasteiger charge is 2.31. The maximum absolute atomic E-state index is 5.65. The fourth-order valence-electron chi connectivity index (χ4n) is 2.77. The molecule has 0 aliphatic heterocycles. The predicted molar refractivity (Wildman–Crippen MR) is 88.8 cm³/mol. The summed E-state index contributed by atoms with van der Waals surface area (Å²) in [6.45, 7) is 6.31. The zero-order valence-corrected chi connectivity index (χ0v) is 13.9. The van der Waals surface area contributed by atoms with Gasteiger partial charge in [0.25, 0.3) is 0 Å². The number of benzene rings is 1. The molecule has 1 aromatic rings. The van der Waals surface area contributed by atoms with Gasteiger partial charge in [-0.15, -0.1) is 0 Å². The molecule has 21 heavy (non-hydrogen) atoms. The van der Waals surface area contributed by atoms with Crippen molar-refractivity contribution in [2.75, 3.05) is 27.2 Å². The molecular formula is C18H30N2O. The van der Waals surface area contributed by atoms with Gasteiger partial charge in [-0.3, -0.25) is 0 Å². The molecule has 2 rings (SSSR count). The van der Waals surface area contributed by atoms with Crippen LogP contribution in [-0.4, -0.2) is 38.2 Å². The monoisotopic (exact) mass is 290 g/mol. The van der Waals surface area contributed by atoms with E-state index in [0.29, 0.717) is 12.1 Å². The molecule has 0 aromatic heterocycles. The van der Waals surface area contributed by atoms with Crippen molar-refractivity contribution in [3.8, 4) is 5.75 Å². The average molecular weight is 290 g/mol. The molecule has 0 spiro atoms. The van der Waals surface area contributed by atoms with E-state index in [1.54, 1.807) is 0 Å². The standard InChI is InChI=1S/C18H30N2O/c1-5-12-21-17-10-8-16(9-11-17)18(19-3)13-20(4)14(2)15-6-7-15/h8-11,14-15,18-19H,5-7,12-13H2,1-4H3. The molecule has 0 heterocycles. The molecule has 1 aliphatic rings. The van der Waals surface area contributed by atoms with E-state index >= 15 is 0 Å². The lowest BCUT2D eigenvalue weighted by Gasteiger charge is -2.29. The maximum atomic E-state index is 5.65. The first-order valence-electron chi connectivity index (χ1n) is 8.26. The first-order valence-corrected chi connectivity index (χ1v) is 8.26. The van der Waals surface area contributed by atoms with Crippen molar-refractivity contribution < 1.29 is 4.74 Å². The molecule has 1 N–H and O–H groups in total. The largest absolute Gasteiger partial charge is 0.494 e. The van der Waals surface area contributed by atoms with Crippen LogP contribution in [0.25, 0.3) is 0 Å². The van der Waals surface area contributed by atoms with E-state index in [0.717, 1.165) is 31.2 Å². The zero-order valence-electron chi connectivity index (χ0n) is 13.9. The molecule has 0 amide bonds. The highest BCUT2D eigenvalue weighted by molar-refractivity contribution is 5.29. The molecule has 2 unspecified atom stereocenters. The van der Waals surface area contributed by atoms with Gasteiger partial charge in [0.15, 0.2) is 0 Å². The molecule has 1 aromatic carbocycles. The highest BCUT2D eigenvalue weighted by atomic mass is 16.5. The van der Waals surface area contributed by atoms with Crippen molar-refractivity contribution in [3.63, 3.8) is 0 Å². The number of hydrogen-bond acceptors (Lipinski definition) is 3. The minimum absolute atomic E-state index is 0.372. The number of rotatable bonds is 9. The number of hydrogen-bond donors (Lipinski definition) is 1. The molecule has 118 valence electrons. The minimum Gasteiger partial charge on any atom is -0.494 e. The Hall–Kier alpha value is -1.06. The molecule has 1 aliphatic carbocycles. The number of nitrogens with zero attached hydrogens (tertiary/aromatic N) is 1. The predicted octanol–water partition coefficient (Wildman–Crippen LogP) is 3.47. The van der Waals surface area contributed by atoms with Gasteiger partial charge in [-0.1, -0.05) is 19.1 Å². The van der Waals surface area contributed by atoms with Crippen molar-refractivity contribution in [1.82, 2.24) is 10.2 Å². The van der Waals surface area contributed by atoms with Gasteiger partial charge in [0.2, 0.25) is 0 Å². The van der Waals surface area contributed by atoms with E-state index in [1.807, 2.05) is 7.05 Å². The minimum atomic E-state index is 0.372. The fourth-order valence-corrected chi connectivity index (χ4v) is 2.77. The van der Waals surface area contributed by atoms with Crippen LogP contribution in [0.15, 0.2) is 24.3 Å². The third-order valence-corrected chi connectivity index (χ3v) is 4.57. The van der Waals surface area contributed by atoms with Crippen LogP contribution in [0, 0.1) is 5.92 Å². The van der Waals surface area contributed by atoms with Crippen molar-refractivity contribution in [3.05, 3.63) is 29.8 Å². The molecule has 0 bridgehead atoms. The van der Waals surface area contributed by atoms with Gasteiger partial charge in [0.1, 0.15) is 5.75 Å². The summed E-state index contributed by atoms with van der Waals surface area (Å²) in [5.74, 6) is 1.88. The summed E-state index contributed by atoms with van der Waals surface area (Å²) in [4.78, 5) is 2.49. The Labute approximate surface area is 129 Å². The van der Waals surface area contributed by atoms with Crippen molar-refractivity contribution in [2.24, 2.45) is 5.92 Å².